The van der Waals surface area contributed by atoms with Gasteiger partial charge in [-0.1, -0.05) is 24.3 Å². The summed E-state index contributed by atoms with van der Waals surface area (Å²) in [7, 11) is 3.08. The zero-order valence-corrected chi connectivity index (χ0v) is 14.5. The molecule has 7 nitrogen and oxygen atoms in total. The Morgan fingerprint density at radius 3 is 2.58 bits per heavy atom. The number of amides is 2. The number of para-hydroxylation sites is 1. The van der Waals surface area contributed by atoms with Crippen molar-refractivity contribution in [3.63, 3.8) is 0 Å². The third-order valence-electron chi connectivity index (χ3n) is 3.70. The van der Waals surface area contributed by atoms with Crippen molar-refractivity contribution in [1.82, 2.24) is 5.32 Å². The Kier molecular flexibility index (Phi) is 6.71. The van der Waals surface area contributed by atoms with Gasteiger partial charge in [0, 0.05) is 13.7 Å². The van der Waals surface area contributed by atoms with Gasteiger partial charge in [-0.2, -0.15) is 5.26 Å². The van der Waals surface area contributed by atoms with Gasteiger partial charge in [-0.25, -0.2) is 0 Å². The van der Waals surface area contributed by atoms with Crippen LogP contribution in [0.25, 0.3) is 0 Å². The molecule has 1 atom stereocenters. The highest BCUT2D eigenvalue weighted by Gasteiger charge is 2.18. The second kappa shape index (κ2) is 9.20. The van der Waals surface area contributed by atoms with E-state index in [1.165, 1.54) is 7.11 Å². The summed E-state index contributed by atoms with van der Waals surface area (Å²) >= 11 is 0. The van der Waals surface area contributed by atoms with Crippen LogP contribution in [-0.4, -0.2) is 32.6 Å². The van der Waals surface area contributed by atoms with Crippen LogP contribution in [0, 0.1) is 11.3 Å². The van der Waals surface area contributed by atoms with E-state index in [-0.39, 0.29) is 17.8 Å². The number of hydrogen-bond donors (Lipinski definition) is 2. The number of nitrogens with one attached hydrogen (secondary N) is 2. The summed E-state index contributed by atoms with van der Waals surface area (Å²) in [6.45, 7) is 0.107. The third kappa shape index (κ3) is 4.82. The summed E-state index contributed by atoms with van der Waals surface area (Å²) in [4.78, 5) is 24.1. The lowest BCUT2D eigenvalue weighted by molar-refractivity contribution is -0.136. The summed E-state index contributed by atoms with van der Waals surface area (Å²) in [6, 6.07) is 15.6. The summed E-state index contributed by atoms with van der Waals surface area (Å²) in [5.41, 5.74) is 1.37. The van der Waals surface area contributed by atoms with Crippen molar-refractivity contribution in [2.45, 2.75) is 6.10 Å². The zero-order chi connectivity index (χ0) is 18.9. The minimum atomic E-state index is -0.854. The number of ether oxygens (including phenoxy) is 2. The number of nitrogens with zero attached hydrogens (tertiary/aromatic N) is 1. The van der Waals surface area contributed by atoms with Crippen LogP contribution in [-0.2, 0) is 14.3 Å². The van der Waals surface area contributed by atoms with Crippen LogP contribution in [0.4, 0.5) is 5.69 Å². The lowest BCUT2D eigenvalue weighted by Crippen LogP contribution is -2.38. The van der Waals surface area contributed by atoms with Crippen molar-refractivity contribution in [3.8, 4) is 11.8 Å². The van der Waals surface area contributed by atoms with Gasteiger partial charge in [0.15, 0.2) is 0 Å². The number of anilines is 1. The molecule has 0 aliphatic heterocycles. The largest absolute Gasteiger partial charge is 0.497 e. The van der Waals surface area contributed by atoms with Crippen LogP contribution in [0.15, 0.2) is 48.5 Å². The van der Waals surface area contributed by atoms with Crippen LogP contribution in [0.1, 0.15) is 17.2 Å². The van der Waals surface area contributed by atoms with Crippen molar-refractivity contribution in [2.24, 2.45) is 0 Å². The van der Waals surface area contributed by atoms with E-state index in [1.54, 1.807) is 43.5 Å². The molecule has 0 aliphatic carbocycles. The zero-order valence-electron chi connectivity index (χ0n) is 14.5. The van der Waals surface area contributed by atoms with Crippen molar-refractivity contribution in [3.05, 3.63) is 59.7 Å². The number of methoxy groups -OCH3 is 2. The average molecular weight is 353 g/mol. The Balaban J connectivity index is 1.97. The van der Waals surface area contributed by atoms with Crippen molar-refractivity contribution in [2.75, 3.05) is 26.1 Å². The Labute approximate surface area is 151 Å². The number of carbonyl (C=O) groups excluding carboxylic acids is 2. The molecule has 2 aromatic rings. The summed E-state index contributed by atoms with van der Waals surface area (Å²) in [6.07, 6.45) is -0.437. The average Bonchev–Trinajstić information content (AvgIpc) is 2.68. The molecule has 2 amide bonds. The van der Waals surface area contributed by atoms with Crippen molar-refractivity contribution >= 4 is 17.5 Å². The molecule has 0 heterocycles. The van der Waals surface area contributed by atoms with Gasteiger partial charge in [-0.05, 0) is 29.8 Å². The Morgan fingerprint density at radius 1 is 1.12 bits per heavy atom. The second-order valence-electron chi connectivity index (χ2n) is 5.32. The number of rotatable bonds is 6. The maximum Gasteiger partial charge on any atom is 0.313 e. The molecule has 2 aromatic carbocycles. The van der Waals surface area contributed by atoms with Crippen molar-refractivity contribution < 1.29 is 19.1 Å². The molecule has 1 unspecified atom stereocenters. The van der Waals surface area contributed by atoms with E-state index < -0.39 is 17.9 Å². The van der Waals surface area contributed by atoms with Crippen LogP contribution >= 0.6 is 0 Å². The third-order valence-corrected chi connectivity index (χ3v) is 3.70. The summed E-state index contributed by atoms with van der Waals surface area (Å²) in [5.74, 6) is -1.00. The molecule has 0 fully saturated rings. The molecule has 0 radical (unpaired) electrons. The van der Waals surface area contributed by atoms with Gasteiger partial charge < -0.3 is 20.1 Å². The highest BCUT2D eigenvalue weighted by molar-refractivity contribution is 6.39. The minimum Gasteiger partial charge on any atom is -0.497 e. The fourth-order valence-electron chi connectivity index (χ4n) is 2.31. The van der Waals surface area contributed by atoms with E-state index in [1.807, 2.05) is 18.2 Å². The quantitative estimate of drug-likeness (QED) is 0.774. The molecule has 26 heavy (non-hydrogen) atoms. The molecule has 0 saturated heterocycles. The molecule has 2 N–H and O–H groups in total. The first-order valence-corrected chi connectivity index (χ1v) is 7.84. The standard InChI is InChI=1S/C19H19N3O4/c1-25-15-8-5-7-13(10-15)17(26-2)12-21-18(23)19(24)22-16-9-4-3-6-14(16)11-20/h3-10,17H,12H2,1-2H3,(H,21,23)(H,22,24). The minimum absolute atomic E-state index is 0.107. The van der Waals surface area contributed by atoms with E-state index in [0.29, 0.717) is 5.75 Å². The lowest BCUT2D eigenvalue weighted by atomic mass is 10.1. The number of hydrogen-bond acceptors (Lipinski definition) is 5. The van der Waals surface area contributed by atoms with Gasteiger partial charge in [0.25, 0.3) is 0 Å². The molecular weight excluding hydrogens is 334 g/mol. The van der Waals surface area contributed by atoms with Crippen LogP contribution < -0.4 is 15.4 Å². The number of carbonyl (C=O) groups is 2. The molecule has 0 saturated carbocycles. The second-order valence-corrected chi connectivity index (χ2v) is 5.32. The fourth-order valence-corrected chi connectivity index (χ4v) is 2.31. The molecule has 0 aromatic heterocycles. The van der Waals surface area contributed by atoms with E-state index in [2.05, 4.69) is 10.6 Å². The fraction of sp³-hybridized carbons (Fsp3) is 0.211. The van der Waals surface area contributed by atoms with Gasteiger partial charge >= 0.3 is 11.8 Å². The van der Waals surface area contributed by atoms with Crippen LogP contribution in [0.3, 0.4) is 0 Å². The maximum atomic E-state index is 12.0. The predicted molar refractivity (Wildman–Crippen MR) is 95.5 cm³/mol. The molecule has 0 bridgehead atoms. The Morgan fingerprint density at radius 2 is 1.88 bits per heavy atom. The van der Waals surface area contributed by atoms with Gasteiger partial charge in [-0.15, -0.1) is 0 Å². The SMILES string of the molecule is COc1cccc(C(CNC(=O)C(=O)Nc2ccccc2C#N)OC)c1. The Bertz CT molecular complexity index is 830. The topological polar surface area (TPSA) is 100 Å². The molecule has 0 spiro atoms. The smallest absolute Gasteiger partial charge is 0.313 e. The first-order valence-electron chi connectivity index (χ1n) is 7.84. The molecular formula is C19H19N3O4. The van der Waals surface area contributed by atoms with Gasteiger partial charge in [0.2, 0.25) is 0 Å². The van der Waals surface area contributed by atoms with Gasteiger partial charge in [0.1, 0.15) is 11.8 Å². The summed E-state index contributed by atoms with van der Waals surface area (Å²) < 4.78 is 10.5. The molecule has 7 heteroatoms. The first kappa shape index (κ1) is 19.0. The van der Waals surface area contributed by atoms with Crippen LogP contribution in [0.5, 0.6) is 5.75 Å². The highest BCUT2D eigenvalue weighted by atomic mass is 16.5. The van der Waals surface area contributed by atoms with E-state index in [0.717, 1.165) is 5.56 Å². The predicted octanol–water partition coefficient (Wildman–Crippen LogP) is 2.01. The molecule has 134 valence electrons. The Hall–Kier alpha value is -3.37. The van der Waals surface area contributed by atoms with E-state index in [4.69, 9.17) is 14.7 Å². The number of nitriles is 1. The van der Waals surface area contributed by atoms with Crippen molar-refractivity contribution in [1.29, 1.82) is 5.26 Å². The van der Waals surface area contributed by atoms with Crippen LogP contribution in [0.2, 0.25) is 0 Å². The summed E-state index contributed by atoms with van der Waals surface area (Å²) in [5, 5.41) is 14.0. The number of benzene rings is 2. The maximum absolute atomic E-state index is 12.0. The first-order chi connectivity index (χ1) is 12.6. The lowest BCUT2D eigenvalue weighted by Gasteiger charge is -2.17. The van der Waals surface area contributed by atoms with Gasteiger partial charge in [0.05, 0.1) is 24.5 Å². The monoisotopic (exact) mass is 353 g/mol. The highest BCUT2D eigenvalue weighted by Crippen LogP contribution is 2.21. The normalized spacial score (nSPS) is 11.1. The molecule has 0 aliphatic rings. The molecule has 2 rings (SSSR count). The van der Waals surface area contributed by atoms with Gasteiger partial charge in [-0.3, -0.25) is 9.59 Å². The van der Waals surface area contributed by atoms with E-state index >= 15 is 0 Å². The van der Waals surface area contributed by atoms with E-state index in [9.17, 15) is 9.59 Å².